The molecule has 0 spiro atoms. The third-order valence-electron chi connectivity index (χ3n) is 5.92. The van der Waals surface area contributed by atoms with Crippen LogP contribution in [0.25, 0.3) is 0 Å². The first-order valence-corrected chi connectivity index (χ1v) is 12.8. The van der Waals surface area contributed by atoms with Crippen molar-refractivity contribution in [1.82, 2.24) is 0 Å². The fourth-order valence-corrected chi connectivity index (χ4v) is 4.08. The monoisotopic (exact) mass is 494 g/mol. The molecular formula is C24H46O10. The fourth-order valence-electron chi connectivity index (χ4n) is 4.08. The second kappa shape index (κ2) is 18.8. The van der Waals surface area contributed by atoms with Gasteiger partial charge in [-0.05, 0) is 39.5 Å². The summed E-state index contributed by atoms with van der Waals surface area (Å²) in [4.78, 5) is 0. The van der Waals surface area contributed by atoms with Crippen LogP contribution in [0.1, 0.15) is 39.5 Å². The SMILES string of the molecule is CCOCCOCCOC[C@@H](O)[C@H]1CC[C@H]([C@H]2CC[C@H]([C@H](O)COCCOCCOCC)O2)O1. The lowest BCUT2D eigenvalue weighted by atomic mass is 10.0. The first-order chi connectivity index (χ1) is 16.7. The van der Waals surface area contributed by atoms with Crippen molar-refractivity contribution in [1.29, 1.82) is 0 Å². The van der Waals surface area contributed by atoms with Crippen LogP contribution in [0, 0.1) is 0 Å². The average Bonchev–Trinajstić information content (AvgIpc) is 3.52. The Morgan fingerprint density at radius 3 is 1.29 bits per heavy atom. The lowest BCUT2D eigenvalue weighted by molar-refractivity contribution is -0.126. The van der Waals surface area contributed by atoms with Crippen LogP contribution >= 0.6 is 0 Å². The minimum absolute atomic E-state index is 0.0709. The van der Waals surface area contributed by atoms with Gasteiger partial charge in [-0.2, -0.15) is 0 Å². The van der Waals surface area contributed by atoms with Crippen molar-refractivity contribution >= 4 is 0 Å². The molecule has 34 heavy (non-hydrogen) atoms. The molecule has 2 aliphatic heterocycles. The summed E-state index contributed by atoms with van der Waals surface area (Å²) in [5, 5.41) is 20.8. The summed E-state index contributed by atoms with van der Waals surface area (Å²) in [7, 11) is 0. The van der Waals surface area contributed by atoms with Crippen molar-refractivity contribution in [3.05, 3.63) is 0 Å². The van der Waals surface area contributed by atoms with Crippen molar-refractivity contribution < 1.29 is 48.1 Å². The van der Waals surface area contributed by atoms with E-state index in [0.717, 1.165) is 25.7 Å². The van der Waals surface area contributed by atoms with E-state index in [1.165, 1.54) is 0 Å². The van der Waals surface area contributed by atoms with Gasteiger partial charge in [0.2, 0.25) is 0 Å². The Labute approximate surface area is 204 Å². The van der Waals surface area contributed by atoms with Crippen molar-refractivity contribution in [2.75, 3.05) is 79.3 Å². The molecule has 2 rings (SSSR count). The fraction of sp³-hybridized carbons (Fsp3) is 1.00. The van der Waals surface area contributed by atoms with E-state index >= 15 is 0 Å². The van der Waals surface area contributed by atoms with Gasteiger partial charge in [0.25, 0.3) is 0 Å². The third-order valence-corrected chi connectivity index (χ3v) is 5.92. The van der Waals surface area contributed by atoms with Crippen LogP contribution in [0.15, 0.2) is 0 Å². The van der Waals surface area contributed by atoms with E-state index in [9.17, 15) is 10.2 Å². The van der Waals surface area contributed by atoms with E-state index in [-0.39, 0.29) is 37.6 Å². The third kappa shape index (κ3) is 12.0. The van der Waals surface area contributed by atoms with E-state index in [4.69, 9.17) is 37.9 Å². The van der Waals surface area contributed by atoms with Gasteiger partial charge in [0.05, 0.1) is 90.5 Å². The zero-order valence-electron chi connectivity index (χ0n) is 20.9. The Kier molecular flexibility index (Phi) is 16.5. The van der Waals surface area contributed by atoms with Crippen LogP contribution in [-0.2, 0) is 37.9 Å². The van der Waals surface area contributed by atoms with Gasteiger partial charge in [-0.1, -0.05) is 0 Å². The van der Waals surface area contributed by atoms with Crippen molar-refractivity contribution in [3.8, 4) is 0 Å². The van der Waals surface area contributed by atoms with Crippen LogP contribution in [0.3, 0.4) is 0 Å². The molecule has 2 saturated heterocycles. The minimum atomic E-state index is -0.680. The standard InChI is InChI=1S/C24H46O10/c1-3-27-9-11-29-13-15-31-17-19(25)21-5-7-23(33-21)24-8-6-22(34-24)20(26)18-32-16-14-30-12-10-28-4-2/h19-26H,3-18H2,1-2H3/t19-,20-,21-,22-,23-,24-/m1/s1. The minimum Gasteiger partial charge on any atom is -0.388 e. The van der Waals surface area contributed by atoms with Gasteiger partial charge >= 0.3 is 0 Å². The Balaban J connectivity index is 1.51. The van der Waals surface area contributed by atoms with E-state index in [0.29, 0.717) is 66.1 Å². The van der Waals surface area contributed by atoms with E-state index in [1.807, 2.05) is 13.8 Å². The zero-order valence-corrected chi connectivity index (χ0v) is 20.9. The molecule has 10 heteroatoms. The number of rotatable bonds is 21. The topological polar surface area (TPSA) is 114 Å². The van der Waals surface area contributed by atoms with Crippen LogP contribution < -0.4 is 0 Å². The van der Waals surface area contributed by atoms with Gasteiger partial charge < -0.3 is 48.1 Å². The molecular weight excluding hydrogens is 448 g/mol. The van der Waals surface area contributed by atoms with Crippen molar-refractivity contribution in [2.24, 2.45) is 0 Å². The molecule has 0 aromatic heterocycles. The van der Waals surface area contributed by atoms with E-state index < -0.39 is 12.2 Å². The second-order valence-corrected chi connectivity index (χ2v) is 8.48. The molecule has 202 valence electrons. The normalized spacial score (nSPS) is 26.8. The number of aliphatic hydroxyl groups is 2. The smallest absolute Gasteiger partial charge is 0.103 e. The number of ether oxygens (including phenoxy) is 8. The predicted molar refractivity (Wildman–Crippen MR) is 124 cm³/mol. The molecule has 10 nitrogen and oxygen atoms in total. The molecule has 0 aromatic carbocycles. The molecule has 2 N–H and O–H groups in total. The highest BCUT2D eigenvalue weighted by atomic mass is 16.6. The largest absolute Gasteiger partial charge is 0.388 e. The summed E-state index contributed by atoms with van der Waals surface area (Å²) in [6, 6.07) is 0. The molecule has 2 aliphatic rings. The predicted octanol–water partition coefficient (Wildman–Crippen LogP) is 0.943. The molecule has 2 fully saturated rings. The molecule has 0 radical (unpaired) electrons. The van der Waals surface area contributed by atoms with Gasteiger partial charge in [0.15, 0.2) is 0 Å². The molecule has 0 saturated carbocycles. The molecule has 6 atom stereocenters. The maximum atomic E-state index is 10.4. The molecule has 0 aliphatic carbocycles. The first-order valence-electron chi connectivity index (χ1n) is 12.8. The summed E-state index contributed by atoms with van der Waals surface area (Å²) in [5.74, 6) is 0. The van der Waals surface area contributed by atoms with Crippen LogP contribution in [0.2, 0.25) is 0 Å². The number of hydrogen-bond donors (Lipinski definition) is 2. The molecule has 0 unspecified atom stereocenters. The van der Waals surface area contributed by atoms with Gasteiger partial charge in [-0.3, -0.25) is 0 Å². The second-order valence-electron chi connectivity index (χ2n) is 8.48. The highest BCUT2D eigenvalue weighted by Gasteiger charge is 2.41. The van der Waals surface area contributed by atoms with Gasteiger partial charge in [0, 0.05) is 13.2 Å². The Morgan fingerprint density at radius 1 is 0.559 bits per heavy atom. The van der Waals surface area contributed by atoms with Crippen LogP contribution in [0.4, 0.5) is 0 Å². The van der Waals surface area contributed by atoms with Crippen LogP contribution in [0.5, 0.6) is 0 Å². The summed E-state index contributed by atoms with van der Waals surface area (Å²) < 4.78 is 44.3. The molecule has 0 bridgehead atoms. The number of hydrogen-bond acceptors (Lipinski definition) is 10. The lowest BCUT2D eigenvalue weighted by Gasteiger charge is -2.24. The lowest BCUT2D eigenvalue weighted by Crippen LogP contribution is -2.36. The summed E-state index contributed by atoms with van der Waals surface area (Å²) >= 11 is 0. The molecule has 0 aromatic rings. The molecule has 0 amide bonds. The van der Waals surface area contributed by atoms with Crippen molar-refractivity contribution in [3.63, 3.8) is 0 Å². The van der Waals surface area contributed by atoms with Gasteiger partial charge in [0.1, 0.15) is 12.2 Å². The van der Waals surface area contributed by atoms with Crippen LogP contribution in [-0.4, -0.2) is 126 Å². The maximum Gasteiger partial charge on any atom is 0.103 e. The summed E-state index contributed by atoms with van der Waals surface area (Å²) in [5.41, 5.74) is 0. The average molecular weight is 495 g/mol. The number of aliphatic hydroxyl groups excluding tert-OH is 2. The maximum absolute atomic E-state index is 10.4. The zero-order chi connectivity index (χ0) is 24.4. The van der Waals surface area contributed by atoms with E-state index in [1.54, 1.807) is 0 Å². The first kappa shape index (κ1) is 29.8. The van der Waals surface area contributed by atoms with Crippen molar-refractivity contribution in [2.45, 2.75) is 76.2 Å². The Bertz CT molecular complexity index is 441. The highest BCUT2D eigenvalue weighted by Crippen LogP contribution is 2.33. The summed E-state index contributed by atoms with van der Waals surface area (Å²) in [6.45, 7) is 9.71. The Morgan fingerprint density at radius 2 is 0.912 bits per heavy atom. The highest BCUT2D eigenvalue weighted by molar-refractivity contribution is 4.89. The van der Waals surface area contributed by atoms with E-state index in [2.05, 4.69) is 0 Å². The Hall–Kier alpha value is -0.400. The quantitative estimate of drug-likeness (QED) is 0.224. The summed E-state index contributed by atoms with van der Waals surface area (Å²) in [6.07, 6.45) is 1.15. The van der Waals surface area contributed by atoms with Gasteiger partial charge in [-0.15, -0.1) is 0 Å². The van der Waals surface area contributed by atoms with Gasteiger partial charge in [-0.25, -0.2) is 0 Å². The molecule has 2 heterocycles.